The Bertz CT molecular complexity index is 660. The zero-order valence-electron chi connectivity index (χ0n) is 15.4. The molecule has 1 unspecified atom stereocenters. The van der Waals surface area contributed by atoms with Gasteiger partial charge in [-0.25, -0.2) is 0 Å². The number of piperazine rings is 1. The fourth-order valence-corrected chi connectivity index (χ4v) is 4.82. The lowest BCUT2D eigenvalue weighted by molar-refractivity contribution is -0.142. The number of likely N-dealkylation sites (tertiary alicyclic amines) is 1. The van der Waals surface area contributed by atoms with Gasteiger partial charge in [-0.05, 0) is 50.0 Å². The van der Waals surface area contributed by atoms with E-state index in [-0.39, 0.29) is 18.0 Å². The molecule has 26 heavy (non-hydrogen) atoms. The van der Waals surface area contributed by atoms with Crippen LogP contribution < -0.4 is 5.32 Å². The number of carbonyl (C=O) groups is 1. The van der Waals surface area contributed by atoms with Crippen molar-refractivity contribution in [2.45, 2.75) is 44.3 Å². The summed E-state index contributed by atoms with van der Waals surface area (Å²) in [6.45, 7) is 7.23. The maximum Gasteiger partial charge on any atom is 0.227 e. The molecule has 3 atom stereocenters. The predicted octanol–water partition coefficient (Wildman–Crippen LogP) is 1.85. The summed E-state index contributed by atoms with van der Waals surface area (Å²) in [5.41, 5.74) is 2.04. The van der Waals surface area contributed by atoms with E-state index in [1.807, 2.05) is 25.1 Å². The Kier molecular flexibility index (Phi) is 5.50. The van der Waals surface area contributed by atoms with Crippen molar-refractivity contribution in [3.8, 4) is 0 Å². The SMILES string of the molecule is Cc1ccc(CC(=O)N2CCN[C@@H]3COCC(N4CCCC4)[C@H]32)cc1Cl. The molecule has 3 saturated heterocycles. The number of carbonyl (C=O) groups excluding carboxylic acids is 1. The molecule has 0 radical (unpaired) electrons. The summed E-state index contributed by atoms with van der Waals surface area (Å²) < 4.78 is 5.88. The lowest BCUT2D eigenvalue weighted by Gasteiger charge is -2.50. The highest BCUT2D eigenvalue weighted by Gasteiger charge is 2.44. The molecule has 6 heteroatoms. The molecule has 3 fully saturated rings. The molecular weight excluding hydrogens is 350 g/mol. The third-order valence-corrected chi connectivity index (χ3v) is 6.44. The molecule has 3 aliphatic heterocycles. The molecular formula is C20H28ClN3O2. The summed E-state index contributed by atoms with van der Waals surface area (Å²) in [7, 11) is 0. The van der Waals surface area contributed by atoms with Crippen molar-refractivity contribution in [1.29, 1.82) is 0 Å². The van der Waals surface area contributed by atoms with Crippen LogP contribution in [0.15, 0.2) is 18.2 Å². The van der Waals surface area contributed by atoms with Crippen LogP contribution in [-0.4, -0.2) is 73.2 Å². The molecule has 1 N–H and O–H groups in total. The fraction of sp³-hybridized carbons (Fsp3) is 0.650. The van der Waals surface area contributed by atoms with Gasteiger partial charge in [0.2, 0.25) is 5.91 Å². The maximum atomic E-state index is 13.2. The molecule has 1 aromatic carbocycles. The van der Waals surface area contributed by atoms with Crippen molar-refractivity contribution in [1.82, 2.24) is 15.1 Å². The third-order valence-electron chi connectivity index (χ3n) is 6.03. The molecule has 1 amide bonds. The number of halogens is 1. The number of amides is 1. The molecule has 1 aromatic rings. The minimum Gasteiger partial charge on any atom is -0.378 e. The summed E-state index contributed by atoms with van der Waals surface area (Å²) in [6.07, 6.45) is 2.91. The first-order valence-corrected chi connectivity index (χ1v) is 10.1. The van der Waals surface area contributed by atoms with Gasteiger partial charge in [0, 0.05) is 18.1 Å². The van der Waals surface area contributed by atoms with Crippen LogP contribution in [-0.2, 0) is 16.0 Å². The number of hydrogen-bond acceptors (Lipinski definition) is 4. The maximum absolute atomic E-state index is 13.2. The Labute approximate surface area is 160 Å². The molecule has 0 spiro atoms. The summed E-state index contributed by atoms with van der Waals surface area (Å²) >= 11 is 6.24. The van der Waals surface area contributed by atoms with E-state index in [0.29, 0.717) is 19.1 Å². The third kappa shape index (κ3) is 3.63. The Balaban J connectivity index is 1.52. The van der Waals surface area contributed by atoms with Gasteiger partial charge in [0.1, 0.15) is 0 Å². The van der Waals surface area contributed by atoms with Gasteiger partial charge in [-0.2, -0.15) is 0 Å². The van der Waals surface area contributed by atoms with E-state index >= 15 is 0 Å². The first-order chi connectivity index (χ1) is 12.6. The van der Waals surface area contributed by atoms with Crippen LogP contribution in [0.2, 0.25) is 5.02 Å². The van der Waals surface area contributed by atoms with Crippen molar-refractivity contribution in [3.05, 3.63) is 34.3 Å². The molecule has 0 aliphatic carbocycles. The molecule has 0 bridgehead atoms. The Hall–Kier alpha value is -1.14. The molecule has 3 heterocycles. The first-order valence-electron chi connectivity index (χ1n) is 9.73. The number of nitrogens with one attached hydrogen (secondary N) is 1. The normalized spacial score (nSPS) is 29.6. The smallest absolute Gasteiger partial charge is 0.227 e. The highest BCUT2D eigenvalue weighted by Crippen LogP contribution is 2.26. The Morgan fingerprint density at radius 1 is 1.27 bits per heavy atom. The molecule has 5 nitrogen and oxygen atoms in total. The van der Waals surface area contributed by atoms with Gasteiger partial charge < -0.3 is 15.0 Å². The Morgan fingerprint density at radius 2 is 2.08 bits per heavy atom. The van der Waals surface area contributed by atoms with Crippen LogP contribution in [0.4, 0.5) is 0 Å². The monoisotopic (exact) mass is 377 g/mol. The molecule has 4 rings (SSSR count). The van der Waals surface area contributed by atoms with Gasteiger partial charge in [0.05, 0.1) is 37.8 Å². The number of hydrogen-bond donors (Lipinski definition) is 1. The summed E-state index contributed by atoms with van der Waals surface area (Å²) in [5.74, 6) is 0.201. The van der Waals surface area contributed by atoms with E-state index in [2.05, 4.69) is 15.1 Å². The van der Waals surface area contributed by atoms with Gasteiger partial charge in [-0.15, -0.1) is 0 Å². The quantitative estimate of drug-likeness (QED) is 0.873. The standard InChI is InChI=1S/C20H28ClN3O2/c1-14-4-5-15(10-16(14)21)11-19(25)24-9-6-22-17-12-26-13-18(20(17)24)23-7-2-3-8-23/h4-5,10,17-18,20,22H,2-3,6-9,11-13H2,1H3/t17-,18?,20+/m1/s1. The average Bonchev–Trinajstić information content (AvgIpc) is 3.18. The first kappa shape index (κ1) is 18.2. The predicted molar refractivity (Wildman–Crippen MR) is 103 cm³/mol. The second kappa shape index (κ2) is 7.85. The summed E-state index contributed by atoms with van der Waals surface area (Å²) in [4.78, 5) is 17.8. The lowest BCUT2D eigenvalue weighted by atomic mass is 9.92. The average molecular weight is 378 g/mol. The van der Waals surface area contributed by atoms with E-state index in [1.165, 1.54) is 12.8 Å². The van der Waals surface area contributed by atoms with Gasteiger partial charge >= 0.3 is 0 Å². The summed E-state index contributed by atoms with van der Waals surface area (Å²) in [6, 6.07) is 6.66. The highest BCUT2D eigenvalue weighted by molar-refractivity contribution is 6.31. The van der Waals surface area contributed by atoms with E-state index in [1.54, 1.807) is 0 Å². The number of ether oxygens (including phenoxy) is 1. The minimum absolute atomic E-state index is 0.198. The van der Waals surface area contributed by atoms with E-state index < -0.39 is 0 Å². The van der Waals surface area contributed by atoms with Crippen LogP contribution in [0.3, 0.4) is 0 Å². The van der Waals surface area contributed by atoms with Crippen LogP contribution >= 0.6 is 11.6 Å². The van der Waals surface area contributed by atoms with E-state index in [4.69, 9.17) is 16.3 Å². The van der Waals surface area contributed by atoms with Crippen LogP contribution in [0, 0.1) is 6.92 Å². The minimum atomic E-state index is 0.198. The van der Waals surface area contributed by atoms with Crippen molar-refractivity contribution >= 4 is 17.5 Å². The Morgan fingerprint density at radius 3 is 2.85 bits per heavy atom. The fourth-order valence-electron chi connectivity index (χ4n) is 4.61. The second-order valence-electron chi connectivity index (χ2n) is 7.75. The van der Waals surface area contributed by atoms with Crippen LogP contribution in [0.1, 0.15) is 24.0 Å². The molecule has 142 valence electrons. The van der Waals surface area contributed by atoms with E-state index in [0.717, 1.165) is 48.9 Å². The van der Waals surface area contributed by atoms with Crippen molar-refractivity contribution in [2.24, 2.45) is 0 Å². The number of fused-ring (bicyclic) bond motifs is 1. The molecule has 0 aromatic heterocycles. The molecule has 3 aliphatic rings. The van der Waals surface area contributed by atoms with Crippen LogP contribution in [0.25, 0.3) is 0 Å². The number of benzene rings is 1. The van der Waals surface area contributed by atoms with E-state index in [9.17, 15) is 4.79 Å². The zero-order chi connectivity index (χ0) is 18.1. The number of rotatable bonds is 3. The lowest BCUT2D eigenvalue weighted by Crippen LogP contribution is -2.70. The van der Waals surface area contributed by atoms with Crippen LogP contribution in [0.5, 0.6) is 0 Å². The molecule has 0 saturated carbocycles. The van der Waals surface area contributed by atoms with Gasteiger partial charge in [-0.3, -0.25) is 9.69 Å². The summed E-state index contributed by atoms with van der Waals surface area (Å²) in [5, 5.41) is 4.30. The van der Waals surface area contributed by atoms with Gasteiger partial charge in [0.15, 0.2) is 0 Å². The topological polar surface area (TPSA) is 44.8 Å². The van der Waals surface area contributed by atoms with Crippen molar-refractivity contribution < 1.29 is 9.53 Å². The number of nitrogens with zero attached hydrogens (tertiary/aromatic N) is 2. The second-order valence-corrected chi connectivity index (χ2v) is 8.15. The van der Waals surface area contributed by atoms with Gasteiger partial charge in [0.25, 0.3) is 0 Å². The van der Waals surface area contributed by atoms with Crippen molar-refractivity contribution in [3.63, 3.8) is 0 Å². The van der Waals surface area contributed by atoms with Gasteiger partial charge in [-0.1, -0.05) is 23.7 Å². The van der Waals surface area contributed by atoms with Crippen molar-refractivity contribution in [2.75, 3.05) is 39.4 Å². The highest BCUT2D eigenvalue weighted by atomic mass is 35.5. The number of aryl methyl sites for hydroxylation is 1. The zero-order valence-corrected chi connectivity index (χ0v) is 16.2. The largest absolute Gasteiger partial charge is 0.378 e.